The van der Waals surface area contributed by atoms with Crippen LogP contribution in [0.3, 0.4) is 0 Å². The fourth-order valence-corrected chi connectivity index (χ4v) is 3.77. The first-order valence-corrected chi connectivity index (χ1v) is 6.17. The molecular formula is C13H20. The van der Waals surface area contributed by atoms with E-state index in [9.17, 15) is 0 Å². The van der Waals surface area contributed by atoms with Crippen molar-refractivity contribution in [3.8, 4) is 0 Å². The highest BCUT2D eigenvalue weighted by molar-refractivity contribution is 5.29. The zero-order valence-electron chi connectivity index (χ0n) is 8.52. The van der Waals surface area contributed by atoms with Crippen LogP contribution in [-0.4, -0.2) is 0 Å². The number of fused-ring (bicyclic) bond motifs is 2. The second-order valence-corrected chi connectivity index (χ2v) is 5.18. The second-order valence-electron chi connectivity index (χ2n) is 5.18. The molecule has 0 aromatic rings. The van der Waals surface area contributed by atoms with Gasteiger partial charge in [-0.3, -0.25) is 0 Å². The summed E-state index contributed by atoms with van der Waals surface area (Å²) in [5.41, 5.74) is 3.87. The first-order chi connectivity index (χ1) is 6.45. The summed E-state index contributed by atoms with van der Waals surface area (Å²) >= 11 is 0. The lowest BCUT2D eigenvalue weighted by molar-refractivity contribution is 0.208. The van der Waals surface area contributed by atoms with Crippen LogP contribution < -0.4 is 0 Å². The van der Waals surface area contributed by atoms with Crippen molar-refractivity contribution in [1.82, 2.24) is 0 Å². The molecule has 3 saturated carbocycles. The Morgan fingerprint density at radius 1 is 0.769 bits per heavy atom. The van der Waals surface area contributed by atoms with Crippen LogP contribution in [0.5, 0.6) is 0 Å². The van der Waals surface area contributed by atoms with Gasteiger partial charge in [-0.2, -0.15) is 0 Å². The summed E-state index contributed by atoms with van der Waals surface area (Å²) in [7, 11) is 0. The lowest BCUT2D eigenvalue weighted by atomic mass is 9.59. The Hall–Kier alpha value is -0.260. The van der Waals surface area contributed by atoms with Crippen LogP contribution >= 0.6 is 0 Å². The van der Waals surface area contributed by atoms with Gasteiger partial charge in [0.15, 0.2) is 0 Å². The monoisotopic (exact) mass is 176 g/mol. The smallest absolute Gasteiger partial charge is 0.0192 e. The van der Waals surface area contributed by atoms with Gasteiger partial charge in [-0.05, 0) is 56.8 Å². The van der Waals surface area contributed by atoms with E-state index in [2.05, 4.69) is 0 Å². The van der Waals surface area contributed by atoms with E-state index in [1.54, 1.807) is 6.42 Å². The molecule has 72 valence electrons. The number of hydrogen-bond donors (Lipinski definition) is 0. The molecule has 2 bridgehead atoms. The molecule has 0 spiro atoms. The van der Waals surface area contributed by atoms with E-state index in [1.165, 1.54) is 51.4 Å². The molecule has 0 N–H and O–H groups in total. The third-order valence-electron chi connectivity index (χ3n) is 4.42. The van der Waals surface area contributed by atoms with Crippen molar-refractivity contribution in [2.75, 3.05) is 0 Å². The second kappa shape index (κ2) is 3.15. The average molecular weight is 176 g/mol. The Bertz CT molecular complexity index is 212. The number of rotatable bonds is 0. The van der Waals surface area contributed by atoms with Gasteiger partial charge in [0.25, 0.3) is 0 Å². The van der Waals surface area contributed by atoms with Crippen molar-refractivity contribution < 1.29 is 0 Å². The maximum Gasteiger partial charge on any atom is -0.0192 e. The Labute approximate surface area is 81.4 Å². The molecule has 3 aliphatic rings. The lowest BCUT2D eigenvalue weighted by Gasteiger charge is -2.46. The van der Waals surface area contributed by atoms with Gasteiger partial charge in [0.05, 0.1) is 0 Å². The van der Waals surface area contributed by atoms with Crippen molar-refractivity contribution in [1.29, 1.82) is 0 Å². The van der Waals surface area contributed by atoms with Crippen molar-refractivity contribution in [2.24, 2.45) is 11.8 Å². The summed E-state index contributed by atoms with van der Waals surface area (Å²) in [5, 5.41) is 0. The SMILES string of the molecule is C1CCC(=C2C3CCCC2C3)CC1. The van der Waals surface area contributed by atoms with Gasteiger partial charge in [0.2, 0.25) is 0 Å². The highest BCUT2D eigenvalue weighted by Crippen LogP contribution is 2.53. The Morgan fingerprint density at radius 3 is 2.08 bits per heavy atom. The molecule has 0 aliphatic heterocycles. The summed E-state index contributed by atoms with van der Waals surface area (Å²) < 4.78 is 0. The van der Waals surface area contributed by atoms with E-state index in [4.69, 9.17) is 0 Å². The van der Waals surface area contributed by atoms with Crippen molar-refractivity contribution in [3.05, 3.63) is 11.1 Å². The molecule has 0 heterocycles. The zero-order valence-corrected chi connectivity index (χ0v) is 8.52. The van der Waals surface area contributed by atoms with Crippen LogP contribution in [0.15, 0.2) is 11.1 Å². The molecule has 0 amide bonds. The predicted molar refractivity (Wildman–Crippen MR) is 55.6 cm³/mol. The number of allylic oxidation sites excluding steroid dienone is 2. The zero-order chi connectivity index (χ0) is 8.67. The minimum absolute atomic E-state index is 1.06. The van der Waals surface area contributed by atoms with Gasteiger partial charge >= 0.3 is 0 Å². The van der Waals surface area contributed by atoms with Gasteiger partial charge in [-0.25, -0.2) is 0 Å². The summed E-state index contributed by atoms with van der Waals surface area (Å²) in [5.74, 6) is 2.12. The quantitative estimate of drug-likeness (QED) is 0.488. The van der Waals surface area contributed by atoms with Crippen LogP contribution in [0.2, 0.25) is 0 Å². The molecular weight excluding hydrogens is 156 g/mol. The largest absolute Gasteiger partial charge is 0.0704 e. The topological polar surface area (TPSA) is 0 Å². The average Bonchev–Trinajstić information content (AvgIpc) is 2.20. The van der Waals surface area contributed by atoms with Gasteiger partial charge in [0.1, 0.15) is 0 Å². The van der Waals surface area contributed by atoms with E-state index < -0.39 is 0 Å². The summed E-state index contributed by atoms with van der Waals surface area (Å²) in [6.45, 7) is 0. The van der Waals surface area contributed by atoms with Gasteiger partial charge in [0, 0.05) is 0 Å². The Balaban J connectivity index is 1.82. The van der Waals surface area contributed by atoms with E-state index in [1.807, 2.05) is 11.1 Å². The first kappa shape index (κ1) is 8.08. The first-order valence-electron chi connectivity index (χ1n) is 6.17. The fourth-order valence-electron chi connectivity index (χ4n) is 3.77. The van der Waals surface area contributed by atoms with E-state index in [0.29, 0.717) is 0 Å². The third kappa shape index (κ3) is 1.26. The van der Waals surface area contributed by atoms with Crippen LogP contribution in [0.1, 0.15) is 57.8 Å². The maximum atomic E-state index is 1.96. The normalized spacial score (nSPS) is 38.8. The summed E-state index contributed by atoms with van der Waals surface area (Å²) in [6, 6.07) is 0. The molecule has 0 nitrogen and oxygen atoms in total. The van der Waals surface area contributed by atoms with Gasteiger partial charge < -0.3 is 0 Å². The van der Waals surface area contributed by atoms with Crippen LogP contribution in [-0.2, 0) is 0 Å². The van der Waals surface area contributed by atoms with Gasteiger partial charge in [-0.15, -0.1) is 0 Å². The molecule has 3 rings (SSSR count). The van der Waals surface area contributed by atoms with Crippen LogP contribution in [0.25, 0.3) is 0 Å². The van der Waals surface area contributed by atoms with E-state index in [0.717, 1.165) is 11.8 Å². The molecule has 0 saturated heterocycles. The molecule has 3 aliphatic carbocycles. The molecule has 2 atom stereocenters. The van der Waals surface area contributed by atoms with Crippen molar-refractivity contribution in [3.63, 3.8) is 0 Å². The van der Waals surface area contributed by atoms with Gasteiger partial charge in [-0.1, -0.05) is 24.0 Å². The molecule has 2 unspecified atom stereocenters. The molecule has 0 radical (unpaired) electrons. The number of hydrogen-bond acceptors (Lipinski definition) is 0. The molecule has 13 heavy (non-hydrogen) atoms. The van der Waals surface area contributed by atoms with E-state index in [-0.39, 0.29) is 0 Å². The molecule has 0 aromatic carbocycles. The van der Waals surface area contributed by atoms with E-state index >= 15 is 0 Å². The van der Waals surface area contributed by atoms with Crippen molar-refractivity contribution >= 4 is 0 Å². The fraction of sp³-hybridized carbons (Fsp3) is 0.846. The Morgan fingerprint density at radius 2 is 1.46 bits per heavy atom. The van der Waals surface area contributed by atoms with Crippen LogP contribution in [0.4, 0.5) is 0 Å². The summed E-state index contributed by atoms with van der Waals surface area (Å²) in [6.07, 6.45) is 13.5. The molecule has 3 fully saturated rings. The standard InChI is InChI=1S/C13H20/c1-2-5-10(6-3-1)13-11-7-4-8-12(13)9-11/h11-12H,1-9H2. The highest BCUT2D eigenvalue weighted by atomic mass is 14.4. The minimum atomic E-state index is 1.06. The third-order valence-corrected chi connectivity index (χ3v) is 4.42. The van der Waals surface area contributed by atoms with Crippen molar-refractivity contribution in [2.45, 2.75) is 57.8 Å². The molecule has 0 aromatic heterocycles. The predicted octanol–water partition coefficient (Wildman–Crippen LogP) is 4.07. The Kier molecular flexibility index (Phi) is 1.96. The highest BCUT2D eigenvalue weighted by Gasteiger charge is 2.39. The summed E-state index contributed by atoms with van der Waals surface area (Å²) in [4.78, 5) is 0. The maximum absolute atomic E-state index is 1.96. The lowest BCUT2D eigenvalue weighted by Crippen LogP contribution is -2.34. The minimum Gasteiger partial charge on any atom is -0.0704 e. The van der Waals surface area contributed by atoms with Crippen LogP contribution in [0, 0.1) is 11.8 Å². The molecule has 0 heteroatoms.